The molecular weight excluding hydrogens is 358 g/mol. The molecule has 0 aliphatic rings. The van der Waals surface area contributed by atoms with E-state index in [0.29, 0.717) is 5.58 Å². The topological polar surface area (TPSA) is 112 Å². The molecule has 0 spiro atoms. The van der Waals surface area contributed by atoms with Gasteiger partial charge in [-0.05, 0) is 30.0 Å². The molecule has 26 heavy (non-hydrogen) atoms. The Labute approximate surface area is 149 Å². The van der Waals surface area contributed by atoms with Crippen molar-refractivity contribution in [2.75, 3.05) is 0 Å². The molecule has 2 aromatic carbocycles. The average molecular weight is 367 g/mol. The largest absolute Gasteiger partial charge is 0.422 e. The molecule has 0 aliphatic heterocycles. The van der Waals surface area contributed by atoms with E-state index < -0.39 is 10.5 Å². The van der Waals surface area contributed by atoms with Gasteiger partial charge in [0.2, 0.25) is 0 Å². The summed E-state index contributed by atoms with van der Waals surface area (Å²) in [5, 5.41) is 19.7. The lowest BCUT2D eigenvalue weighted by Crippen LogP contribution is -2.01. The number of rotatable bonds is 4. The molecule has 0 radical (unpaired) electrons. The van der Waals surface area contributed by atoms with Crippen LogP contribution in [0.25, 0.3) is 22.4 Å². The zero-order chi connectivity index (χ0) is 18.1. The average Bonchev–Trinajstić information content (AvgIpc) is 3.11. The highest BCUT2D eigenvalue weighted by atomic mass is 32.2. The van der Waals surface area contributed by atoms with Crippen molar-refractivity contribution >= 4 is 28.4 Å². The van der Waals surface area contributed by atoms with Gasteiger partial charge in [-0.2, -0.15) is 0 Å². The summed E-state index contributed by atoms with van der Waals surface area (Å²) in [7, 11) is 0. The molecule has 9 heteroatoms. The zero-order valence-electron chi connectivity index (χ0n) is 13.0. The van der Waals surface area contributed by atoms with Gasteiger partial charge in [0.25, 0.3) is 16.8 Å². The smallest absolute Gasteiger partial charge is 0.350 e. The summed E-state index contributed by atoms with van der Waals surface area (Å²) in [6.07, 6.45) is 0. The summed E-state index contributed by atoms with van der Waals surface area (Å²) in [5.41, 5.74) is 0.0208. The minimum atomic E-state index is -0.529. The highest BCUT2D eigenvalue weighted by Gasteiger charge is 2.20. The van der Waals surface area contributed by atoms with E-state index in [1.54, 1.807) is 30.3 Å². The number of nitro benzene ring substituents is 1. The molecule has 0 N–H and O–H groups in total. The normalized spacial score (nSPS) is 10.9. The highest BCUT2D eigenvalue weighted by Crippen LogP contribution is 2.32. The molecule has 128 valence electrons. The maximum Gasteiger partial charge on any atom is 0.350 e. The van der Waals surface area contributed by atoms with Crippen LogP contribution in [0.3, 0.4) is 0 Å². The van der Waals surface area contributed by atoms with Crippen LogP contribution in [0.1, 0.15) is 0 Å². The second-order valence-electron chi connectivity index (χ2n) is 5.19. The number of nitrogens with zero attached hydrogens (tertiary/aromatic N) is 3. The van der Waals surface area contributed by atoms with Crippen molar-refractivity contribution in [3.63, 3.8) is 0 Å². The summed E-state index contributed by atoms with van der Waals surface area (Å²) in [4.78, 5) is 23.0. The van der Waals surface area contributed by atoms with Gasteiger partial charge < -0.3 is 8.83 Å². The lowest BCUT2D eigenvalue weighted by molar-refractivity contribution is -0.384. The van der Waals surface area contributed by atoms with Gasteiger partial charge in [-0.15, -0.1) is 10.2 Å². The molecule has 0 bridgehead atoms. The second kappa shape index (κ2) is 6.45. The summed E-state index contributed by atoms with van der Waals surface area (Å²) in [5.74, 6) is 0.00461. The number of aromatic nitrogens is 2. The molecule has 2 heterocycles. The van der Waals surface area contributed by atoms with Gasteiger partial charge in [0.15, 0.2) is 0 Å². The van der Waals surface area contributed by atoms with Crippen LogP contribution >= 0.6 is 11.8 Å². The fourth-order valence-corrected chi connectivity index (χ4v) is 3.08. The van der Waals surface area contributed by atoms with E-state index in [9.17, 15) is 14.9 Å². The van der Waals surface area contributed by atoms with Crippen LogP contribution in [0, 0.1) is 10.1 Å². The van der Waals surface area contributed by atoms with Crippen molar-refractivity contribution in [2.45, 2.75) is 10.1 Å². The van der Waals surface area contributed by atoms with Crippen LogP contribution in [0.15, 0.2) is 78.3 Å². The van der Waals surface area contributed by atoms with Gasteiger partial charge in [0.1, 0.15) is 16.0 Å². The molecule has 0 aliphatic carbocycles. The van der Waals surface area contributed by atoms with E-state index in [-0.39, 0.29) is 27.3 Å². The highest BCUT2D eigenvalue weighted by molar-refractivity contribution is 7.99. The van der Waals surface area contributed by atoms with Crippen molar-refractivity contribution < 1.29 is 13.8 Å². The van der Waals surface area contributed by atoms with Crippen LogP contribution in [-0.2, 0) is 0 Å². The van der Waals surface area contributed by atoms with Gasteiger partial charge in [0, 0.05) is 11.5 Å². The molecule has 8 nitrogen and oxygen atoms in total. The Hall–Kier alpha value is -3.46. The zero-order valence-corrected chi connectivity index (χ0v) is 13.8. The molecule has 0 saturated carbocycles. The second-order valence-corrected chi connectivity index (χ2v) is 6.18. The molecule has 0 fully saturated rings. The number of hydrogen-bond donors (Lipinski definition) is 0. The Morgan fingerprint density at radius 1 is 1.00 bits per heavy atom. The minimum absolute atomic E-state index is 0.00461. The Morgan fingerprint density at radius 2 is 1.77 bits per heavy atom. The van der Waals surface area contributed by atoms with Crippen molar-refractivity contribution in [2.24, 2.45) is 0 Å². The van der Waals surface area contributed by atoms with E-state index in [4.69, 9.17) is 8.83 Å². The summed E-state index contributed by atoms with van der Waals surface area (Å²) < 4.78 is 10.7. The third-order valence-electron chi connectivity index (χ3n) is 3.54. The third kappa shape index (κ3) is 2.95. The molecule has 0 unspecified atom stereocenters. The van der Waals surface area contributed by atoms with Crippen LogP contribution in [0.2, 0.25) is 0 Å². The molecular formula is C17H9N3O5S. The van der Waals surface area contributed by atoms with E-state index in [0.717, 1.165) is 17.1 Å². The van der Waals surface area contributed by atoms with E-state index in [2.05, 4.69) is 10.2 Å². The van der Waals surface area contributed by atoms with E-state index >= 15 is 0 Å². The molecule has 2 aromatic heterocycles. The van der Waals surface area contributed by atoms with E-state index in [1.165, 1.54) is 12.1 Å². The first-order valence-corrected chi connectivity index (χ1v) is 8.21. The predicted octanol–water partition coefficient (Wildman–Crippen LogP) is 3.90. The first kappa shape index (κ1) is 16.0. The number of nitro groups is 1. The molecule has 0 amide bonds. The molecule has 4 aromatic rings. The quantitative estimate of drug-likeness (QED) is 0.303. The lowest BCUT2D eigenvalue weighted by atomic mass is 10.2. The van der Waals surface area contributed by atoms with Crippen molar-refractivity contribution in [3.8, 4) is 11.5 Å². The number of hydrogen-bond acceptors (Lipinski definition) is 8. The first-order valence-electron chi connectivity index (χ1n) is 7.40. The van der Waals surface area contributed by atoms with Crippen molar-refractivity contribution in [3.05, 3.63) is 75.1 Å². The Morgan fingerprint density at radius 3 is 2.62 bits per heavy atom. The SMILES string of the molecule is O=c1oc2ccccc2cc1Sc1nnc(-c2ccccc2[N+](=O)[O-])o1. The van der Waals surface area contributed by atoms with Crippen molar-refractivity contribution in [1.29, 1.82) is 0 Å². The maximum atomic E-state index is 12.1. The van der Waals surface area contributed by atoms with Gasteiger partial charge in [-0.25, -0.2) is 4.79 Å². The van der Waals surface area contributed by atoms with Crippen molar-refractivity contribution in [1.82, 2.24) is 10.2 Å². The summed E-state index contributed by atoms with van der Waals surface area (Å²) in [6, 6.07) is 14.8. The van der Waals surface area contributed by atoms with Gasteiger partial charge in [-0.3, -0.25) is 10.1 Å². The number of benzene rings is 2. The minimum Gasteiger partial charge on any atom is -0.422 e. The molecule has 0 saturated heterocycles. The molecule has 0 atom stereocenters. The monoisotopic (exact) mass is 367 g/mol. The Balaban J connectivity index is 1.69. The summed E-state index contributed by atoms with van der Waals surface area (Å²) in [6.45, 7) is 0. The summed E-state index contributed by atoms with van der Waals surface area (Å²) >= 11 is 0.942. The number of fused-ring (bicyclic) bond motifs is 1. The van der Waals surface area contributed by atoms with Gasteiger partial charge in [-0.1, -0.05) is 30.3 Å². The van der Waals surface area contributed by atoms with Gasteiger partial charge >= 0.3 is 5.63 Å². The Kier molecular flexibility index (Phi) is 3.98. The standard InChI is InChI=1S/C17H9N3O5S/c21-16-14(9-10-5-1-4-8-13(10)24-16)26-17-19-18-15(25-17)11-6-2-3-7-12(11)20(22)23/h1-9H. The first-order chi connectivity index (χ1) is 12.6. The van der Waals surface area contributed by atoms with Gasteiger partial charge in [0.05, 0.1) is 4.92 Å². The predicted molar refractivity (Wildman–Crippen MR) is 93.0 cm³/mol. The fourth-order valence-electron chi connectivity index (χ4n) is 2.38. The van der Waals surface area contributed by atoms with Crippen LogP contribution in [-0.4, -0.2) is 15.1 Å². The third-order valence-corrected chi connectivity index (χ3v) is 4.39. The number of para-hydroxylation sites is 2. The Bertz CT molecular complexity index is 1180. The fraction of sp³-hybridized carbons (Fsp3) is 0. The maximum absolute atomic E-state index is 12.1. The van der Waals surface area contributed by atoms with Crippen LogP contribution < -0.4 is 5.63 Å². The molecule has 4 rings (SSSR count). The lowest BCUT2D eigenvalue weighted by Gasteiger charge is -1.99. The van der Waals surface area contributed by atoms with Crippen LogP contribution in [0.4, 0.5) is 5.69 Å². The van der Waals surface area contributed by atoms with Crippen LogP contribution in [0.5, 0.6) is 0 Å². The van der Waals surface area contributed by atoms with E-state index in [1.807, 2.05) is 12.1 Å².